The fourth-order valence-corrected chi connectivity index (χ4v) is 3.09. The molecule has 2 atom stereocenters. The zero-order chi connectivity index (χ0) is 12.4. The third-order valence-electron chi connectivity index (χ3n) is 4.07. The van der Waals surface area contributed by atoms with Crippen LogP contribution in [0.3, 0.4) is 0 Å². The van der Waals surface area contributed by atoms with E-state index in [0.717, 1.165) is 0 Å². The van der Waals surface area contributed by atoms with Crippen molar-refractivity contribution in [2.24, 2.45) is 0 Å². The quantitative estimate of drug-likeness (QED) is 0.757. The highest BCUT2D eigenvalue weighted by atomic mass is 15.2. The maximum atomic E-state index is 2.52. The summed E-state index contributed by atoms with van der Waals surface area (Å²) >= 11 is 0. The zero-order valence-corrected chi connectivity index (χ0v) is 10.8. The van der Waals surface area contributed by atoms with Crippen LogP contribution >= 0.6 is 0 Å². The van der Waals surface area contributed by atoms with Crippen LogP contribution in [0.5, 0.6) is 0 Å². The van der Waals surface area contributed by atoms with Gasteiger partial charge in [0.15, 0.2) is 0 Å². The zero-order valence-electron chi connectivity index (χ0n) is 10.8. The van der Waals surface area contributed by atoms with Crippen LogP contribution in [0, 0.1) is 0 Å². The molecule has 2 aromatic rings. The lowest BCUT2D eigenvalue weighted by atomic mass is 10.0. The van der Waals surface area contributed by atoms with Crippen LogP contribution < -0.4 is 0 Å². The lowest BCUT2D eigenvalue weighted by molar-refractivity contribution is 0.246. The maximum Gasteiger partial charge on any atom is 0.0351 e. The van der Waals surface area contributed by atoms with Crippen molar-refractivity contribution in [1.29, 1.82) is 0 Å². The molecule has 1 aliphatic heterocycles. The molecule has 1 heteroatoms. The molecule has 1 fully saturated rings. The van der Waals surface area contributed by atoms with Gasteiger partial charge in [0.1, 0.15) is 0 Å². The van der Waals surface area contributed by atoms with Gasteiger partial charge in [0.2, 0.25) is 0 Å². The Morgan fingerprint density at radius 1 is 0.722 bits per heavy atom. The van der Waals surface area contributed by atoms with E-state index in [1.54, 1.807) is 0 Å². The Kier molecular flexibility index (Phi) is 3.16. The highest BCUT2D eigenvalue weighted by Gasteiger charge is 2.31. The molecule has 1 nitrogen and oxygen atoms in total. The topological polar surface area (TPSA) is 3.24 Å². The Bertz CT molecular complexity index is 444. The van der Waals surface area contributed by atoms with Gasteiger partial charge in [0.05, 0.1) is 0 Å². The lowest BCUT2D eigenvalue weighted by Crippen LogP contribution is -2.21. The van der Waals surface area contributed by atoms with Crippen molar-refractivity contribution < 1.29 is 0 Å². The Balaban J connectivity index is 1.83. The van der Waals surface area contributed by atoms with Crippen LogP contribution in [-0.2, 0) is 0 Å². The van der Waals surface area contributed by atoms with E-state index in [1.165, 1.54) is 24.0 Å². The molecule has 0 radical (unpaired) electrons. The molecular weight excluding hydrogens is 218 g/mol. The highest BCUT2D eigenvalue weighted by Crippen LogP contribution is 2.42. The number of hydrogen-bond acceptors (Lipinski definition) is 1. The largest absolute Gasteiger partial charge is 0.292 e. The maximum absolute atomic E-state index is 2.52. The first-order valence-electron chi connectivity index (χ1n) is 6.68. The van der Waals surface area contributed by atoms with E-state index in [4.69, 9.17) is 0 Å². The SMILES string of the molecule is CN1C(c2ccccc2)CC[C@H]1c1ccccc1. The molecule has 92 valence electrons. The molecule has 0 bridgehead atoms. The summed E-state index contributed by atoms with van der Waals surface area (Å²) in [5.74, 6) is 0. The Hall–Kier alpha value is -1.60. The first-order valence-corrected chi connectivity index (χ1v) is 6.68. The van der Waals surface area contributed by atoms with E-state index in [0.29, 0.717) is 12.1 Å². The molecule has 2 aromatic carbocycles. The molecule has 0 aromatic heterocycles. The molecular formula is C17H19N. The molecule has 1 aliphatic rings. The molecule has 1 unspecified atom stereocenters. The second-order valence-corrected chi connectivity index (χ2v) is 5.10. The molecule has 0 N–H and O–H groups in total. The highest BCUT2D eigenvalue weighted by molar-refractivity contribution is 5.25. The number of benzene rings is 2. The van der Waals surface area contributed by atoms with E-state index in [-0.39, 0.29) is 0 Å². The van der Waals surface area contributed by atoms with Gasteiger partial charge in [-0.3, -0.25) is 4.90 Å². The summed E-state index contributed by atoms with van der Waals surface area (Å²) in [6, 6.07) is 22.8. The van der Waals surface area contributed by atoms with E-state index in [2.05, 4.69) is 72.6 Å². The first-order chi connectivity index (χ1) is 8.86. The van der Waals surface area contributed by atoms with E-state index in [1.807, 2.05) is 0 Å². The van der Waals surface area contributed by atoms with Gasteiger partial charge in [-0.1, -0.05) is 60.7 Å². The fraction of sp³-hybridized carbons (Fsp3) is 0.294. The lowest BCUT2D eigenvalue weighted by Gasteiger charge is -2.26. The van der Waals surface area contributed by atoms with Crippen molar-refractivity contribution in [3.05, 3.63) is 71.8 Å². The average molecular weight is 237 g/mol. The molecule has 1 saturated heterocycles. The number of nitrogens with zero attached hydrogens (tertiary/aromatic N) is 1. The van der Waals surface area contributed by atoms with Crippen molar-refractivity contribution in [2.75, 3.05) is 7.05 Å². The van der Waals surface area contributed by atoms with Gasteiger partial charge in [0, 0.05) is 12.1 Å². The normalized spacial score (nSPS) is 24.3. The monoisotopic (exact) mass is 237 g/mol. The van der Waals surface area contributed by atoms with Gasteiger partial charge in [-0.05, 0) is 31.0 Å². The van der Waals surface area contributed by atoms with Gasteiger partial charge in [-0.2, -0.15) is 0 Å². The number of likely N-dealkylation sites (tertiary alicyclic amines) is 1. The minimum atomic E-state index is 0.566. The van der Waals surface area contributed by atoms with Gasteiger partial charge in [-0.15, -0.1) is 0 Å². The third-order valence-corrected chi connectivity index (χ3v) is 4.07. The van der Waals surface area contributed by atoms with Crippen molar-refractivity contribution >= 4 is 0 Å². The molecule has 1 heterocycles. The first kappa shape index (κ1) is 11.5. The smallest absolute Gasteiger partial charge is 0.0351 e. The number of rotatable bonds is 2. The molecule has 3 rings (SSSR count). The van der Waals surface area contributed by atoms with Gasteiger partial charge < -0.3 is 0 Å². The molecule has 0 saturated carbocycles. The summed E-state index contributed by atoms with van der Waals surface area (Å²) in [5.41, 5.74) is 2.89. The molecule has 0 aliphatic carbocycles. The van der Waals surface area contributed by atoms with Crippen LogP contribution in [0.15, 0.2) is 60.7 Å². The van der Waals surface area contributed by atoms with E-state index >= 15 is 0 Å². The third kappa shape index (κ3) is 2.06. The Morgan fingerprint density at radius 3 is 1.50 bits per heavy atom. The second-order valence-electron chi connectivity index (χ2n) is 5.10. The van der Waals surface area contributed by atoms with Crippen LogP contribution in [0.2, 0.25) is 0 Å². The Labute approximate surface area is 109 Å². The Morgan fingerprint density at radius 2 is 1.11 bits per heavy atom. The summed E-state index contributed by atoms with van der Waals surface area (Å²) in [5, 5.41) is 0. The van der Waals surface area contributed by atoms with Crippen molar-refractivity contribution in [1.82, 2.24) is 4.90 Å². The minimum absolute atomic E-state index is 0.566. The van der Waals surface area contributed by atoms with Crippen LogP contribution in [0.25, 0.3) is 0 Å². The summed E-state index contributed by atoms with van der Waals surface area (Å²) < 4.78 is 0. The van der Waals surface area contributed by atoms with Gasteiger partial charge >= 0.3 is 0 Å². The molecule has 0 amide bonds. The van der Waals surface area contributed by atoms with Crippen LogP contribution in [0.4, 0.5) is 0 Å². The minimum Gasteiger partial charge on any atom is -0.292 e. The van der Waals surface area contributed by atoms with Gasteiger partial charge in [-0.25, -0.2) is 0 Å². The van der Waals surface area contributed by atoms with Crippen molar-refractivity contribution in [3.8, 4) is 0 Å². The summed E-state index contributed by atoms with van der Waals surface area (Å²) in [6.07, 6.45) is 2.50. The standard InChI is InChI=1S/C17H19N/c1-18-16(14-8-4-2-5-9-14)12-13-17(18)15-10-6-3-7-11-15/h2-11,16-17H,12-13H2,1H3/t16-,17?/m0/s1. The van der Waals surface area contributed by atoms with Crippen LogP contribution in [0.1, 0.15) is 36.1 Å². The fourth-order valence-electron chi connectivity index (χ4n) is 3.09. The second kappa shape index (κ2) is 4.95. The predicted molar refractivity (Wildman–Crippen MR) is 75.4 cm³/mol. The van der Waals surface area contributed by atoms with E-state index in [9.17, 15) is 0 Å². The summed E-state index contributed by atoms with van der Waals surface area (Å²) in [7, 11) is 2.25. The number of hydrogen-bond donors (Lipinski definition) is 0. The van der Waals surface area contributed by atoms with Gasteiger partial charge in [0.25, 0.3) is 0 Å². The molecule has 0 spiro atoms. The van der Waals surface area contributed by atoms with Crippen LogP contribution in [-0.4, -0.2) is 11.9 Å². The predicted octanol–water partition coefficient (Wildman–Crippen LogP) is 4.19. The van der Waals surface area contributed by atoms with E-state index < -0.39 is 0 Å². The summed E-state index contributed by atoms with van der Waals surface area (Å²) in [4.78, 5) is 2.52. The van der Waals surface area contributed by atoms with Crippen molar-refractivity contribution in [3.63, 3.8) is 0 Å². The van der Waals surface area contributed by atoms with Crippen molar-refractivity contribution in [2.45, 2.75) is 24.9 Å². The summed E-state index contributed by atoms with van der Waals surface area (Å²) in [6.45, 7) is 0. The molecule has 18 heavy (non-hydrogen) atoms. The average Bonchev–Trinajstić information content (AvgIpc) is 2.83.